The Balaban J connectivity index is 2.91. The molecular weight excluding hydrogens is 280 g/mol. The van der Waals surface area contributed by atoms with E-state index in [0.717, 1.165) is 0 Å². The Morgan fingerprint density at radius 3 is 2.72 bits per heavy atom. The van der Waals surface area contributed by atoms with Gasteiger partial charge in [-0.15, -0.1) is 0 Å². The summed E-state index contributed by atoms with van der Waals surface area (Å²) in [6.07, 6.45) is 0. The number of rotatable bonds is 5. The second-order valence-corrected chi connectivity index (χ2v) is 5.40. The summed E-state index contributed by atoms with van der Waals surface area (Å²) in [4.78, 5) is 10.8. The third-order valence-corrected chi connectivity index (χ3v) is 3.92. The molecule has 0 bridgehead atoms. The summed E-state index contributed by atoms with van der Waals surface area (Å²) in [6, 6.07) is 4.34. The lowest BCUT2D eigenvalue weighted by molar-refractivity contribution is -0.141. The molecule has 0 saturated carbocycles. The fraction of sp³-hybridized carbons (Fsp3) is 0.300. The average molecular weight is 293 g/mol. The molecule has 6 nitrogen and oxygen atoms in total. The zero-order valence-corrected chi connectivity index (χ0v) is 11.2. The molecule has 1 rings (SSSR count). The summed E-state index contributed by atoms with van der Waals surface area (Å²) in [5.74, 6) is -0.674. The van der Waals surface area contributed by atoms with Crippen molar-refractivity contribution in [1.82, 2.24) is 4.72 Å². The number of nitrogens with two attached hydrogens (primary N) is 1. The van der Waals surface area contributed by atoms with Crippen molar-refractivity contribution >= 4 is 33.3 Å². The van der Waals surface area contributed by atoms with Gasteiger partial charge in [-0.1, -0.05) is 17.7 Å². The predicted molar refractivity (Wildman–Crippen MR) is 67.7 cm³/mol. The number of carbonyl (C=O) groups excluding carboxylic acids is 1. The normalized spacial score (nSPS) is 11.2. The number of benzene rings is 1. The summed E-state index contributed by atoms with van der Waals surface area (Å²) >= 11 is 5.78. The molecule has 1 aromatic rings. The van der Waals surface area contributed by atoms with Crippen LogP contribution in [0, 0.1) is 0 Å². The van der Waals surface area contributed by atoms with Crippen molar-refractivity contribution in [1.29, 1.82) is 0 Å². The second-order valence-electron chi connectivity index (χ2n) is 3.29. The number of nitrogen functional groups attached to an aromatic ring is 1. The molecule has 0 aromatic heterocycles. The van der Waals surface area contributed by atoms with Gasteiger partial charge in [0.25, 0.3) is 0 Å². The fourth-order valence-corrected chi connectivity index (χ4v) is 2.89. The fourth-order valence-electron chi connectivity index (χ4n) is 1.25. The van der Waals surface area contributed by atoms with E-state index < -0.39 is 22.5 Å². The van der Waals surface area contributed by atoms with Gasteiger partial charge in [0.15, 0.2) is 0 Å². The van der Waals surface area contributed by atoms with Crippen molar-refractivity contribution in [2.24, 2.45) is 0 Å². The highest BCUT2D eigenvalue weighted by Gasteiger charge is 2.21. The predicted octanol–water partition coefficient (Wildman–Crippen LogP) is 0.764. The minimum atomic E-state index is -3.94. The highest BCUT2D eigenvalue weighted by Crippen LogP contribution is 2.26. The van der Waals surface area contributed by atoms with Crippen molar-refractivity contribution in [3.8, 4) is 0 Å². The van der Waals surface area contributed by atoms with Crippen LogP contribution in [0.1, 0.15) is 6.92 Å². The topological polar surface area (TPSA) is 98.5 Å². The van der Waals surface area contributed by atoms with Gasteiger partial charge in [-0.05, 0) is 19.1 Å². The van der Waals surface area contributed by atoms with Crippen LogP contribution in [0.15, 0.2) is 23.1 Å². The van der Waals surface area contributed by atoms with Crippen LogP contribution in [0.4, 0.5) is 5.69 Å². The molecule has 1 aromatic carbocycles. The molecule has 0 spiro atoms. The summed E-state index contributed by atoms with van der Waals surface area (Å²) in [5, 5.41) is -0.00800. The van der Waals surface area contributed by atoms with Gasteiger partial charge < -0.3 is 10.5 Å². The van der Waals surface area contributed by atoms with Gasteiger partial charge in [-0.2, -0.15) is 4.72 Å². The van der Waals surface area contributed by atoms with E-state index in [1.807, 2.05) is 0 Å². The lowest BCUT2D eigenvalue weighted by atomic mass is 10.3. The number of esters is 1. The van der Waals surface area contributed by atoms with Gasteiger partial charge in [0, 0.05) is 0 Å². The molecule has 0 unspecified atom stereocenters. The number of sulfonamides is 1. The molecule has 0 heterocycles. The van der Waals surface area contributed by atoms with Crippen molar-refractivity contribution < 1.29 is 17.9 Å². The third kappa shape index (κ3) is 3.59. The molecule has 18 heavy (non-hydrogen) atoms. The Kier molecular flexibility index (Phi) is 4.94. The number of hydrogen-bond donors (Lipinski definition) is 2. The highest BCUT2D eigenvalue weighted by atomic mass is 35.5. The van der Waals surface area contributed by atoms with Gasteiger partial charge in [0.2, 0.25) is 10.0 Å². The van der Waals surface area contributed by atoms with E-state index in [1.54, 1.807) is 6.92 Å². The first-order chi connectivity index (χ1) is 8.38. The van der Waals surface area contributed by atoms with Crippen molar-refractivity contribution in [2.45, 2.75) is 11.8 Å². The zero-order chi connectivity index (χ0) is 13.8. The quantitative estimate of drug-likeness (QED) is 0.617. The van der Waals surface area contributed by atoms with E-state index >= 15 is 0 Å². The van der Waals surface area contributed by atoms with Gasteiger partial charge in [-0.25, -0.2) is 8.42 Å². The molecule has 0 amide bonds. The van der Waals surface area contributed by atoms with Gasteiger partial charge in [0.1, 0.15) is 11.4 Å². The largest absolute Gasteiger partial charge is 0.465 e. The van der Waals surface area contributed by atoms with Crippen molar-refractivity contribution in [2.75, 3.05) is 18.9 Å². The van der Waals surface area contributed by atoms with Crippen LogP contribution in [0.2, 0.25) is 5.02 Å². The van der Waals surface area contributed by atoms with Crippen LogP contribution in [0.25, 0.3) is 0 Å². The number of halogens is 1. The number of ether oxygens (including phenoxy) is 1. The summed E-state index contributed by atoms with van der Waals surface area (Å²) in [5.41, 5.74) is 5.57. The summed E-state index contributed by atoms with van der Waals surface area (Å²) in [6.45, 7) is 1.33. The standard InChI is InChI=1S/C10H13ClN2O4S/c1-2-17-9(14)6-13-18(15,16)10-7(11)4-3-5-8(10)12/h3-5,13H,2,6,12H2,1H3. The molecule has 0 aliphatic heterocycles. The van der Waals surface area contributed by atoms with Crippen LogP contribution in [0.5, 0.6) is 0 Å². The van der Waals surface area contributed by atoms with Gasteiger partial charge in [-0.3, -0.25) is 4.79 Å². The Bertz CT molecular complexity index is 525. The first-order valence-electron chi connectivity index (χ1n) is 5.07. The molecule has 0 fully saturated rings. The number of hydrogen-bond acceptors (Lipinski definition) is 5. The van der Waals surface area contributed by atoms with E-state index in [9.17, 15) is 13.2 Å². The van der Waals surface area contributed by atoms with Crippen LogP contribution in [-0.4, -0.2) is 27.5 Å². The Morgan fingerprint density at radius 1 is 1.50 bits per heavy atom. The van der Waals surface area contributed by atoms with Crippen LogP contribution < -0.4 is 10.5 Å². The van der Waals surface area contributed by atoms with E-state index in [-0.39, 0.29) is 22.2 Å². The van der Waals surface area contributed by atoms with E-state index in [1.165, 1.54) is 18.2 Å². The number of carbonyl (C=O) groups is 1. The maximum absolute atomic E-state index is 11.9. The van der Waals surface area contributed by atoms with E-state index in [4.69, 9.17) is 17.3 Å². The van der Waals surface area contributed by atoms with Crippen LogP contribution >= 0.6 is 11.6 Å². The Labute approximate surface area is 110 Å². The molecule has 8 heteroatoms. The van der Waals surface area contributed by atoms with Crippen LogP contribution in [-0.2, 0) is 19.6 Å². The monoisotopic (exact) mass is 292 g/mol. The average Bonchev–Trinajstić information content (AvgIpc) is 2.26. The first kappa shape index (κ1) is 14.7. The summed E-state index contributed by atoms with van der Waals surface area (Å²) < 4.78 is 30.5. The molecule has 0 atom stereocenters. The van der Waals surface area contributed by atoms with Crippen LogP contribution in [0.3, 0.4) is 0 Å². The molecule has 100 valence electrons. The molecule has 0 radical (unpaired) electrons. The maximum atomic E-state index is 11.9. The van der Waals surface area contributed by atoms with E-state index in [0.29, 0.717) is 0 Å². The van der Waals surface area contributed by atoms with Gasteiger partial charge in [0.05, 0.1) is 17.3 Å². The minimum absolute atomic E-state index is 0.00800. The smallest absolute Gasteiger partial charge is 0.321 e. The lowest BCUT2D eigenvalue weighted by Crippen LogP contribution is -2.31. The first-order valence-corrected chi connectivity index (χ1v) is 6.94. The van der Waals surface area contributed by atoms with Crippen molar-refractivity contribution in [3.63, 3.8) is 0 Å². The molecular formula is C10H13ClN2O4S. The lowest BCUT2D eigenvalue weighted by Gasteiger charge is -2.10. The van der Waals surface area contributed by atoms with E-state index in [2.05, 4.69) is 9.46 Å². The van der Waals surface area contributed by atoms with Gasteiger partial charge >= 0.3 is 5.97 Å². The Hall–Kier alpha value is -1.31. The zero-order valence-electron chi connectivity index (χ0n) is 9.64. The maximum Gasteiger partial charge on any atom is 0.321 e. The molecule has 3 N–H and O–H groups in total. The SMILES string of the molecule is CCOC(=O)CNS(=O)(=O)c1c(N)cccc1Cl. The molecule has 0 aliphatic carbocycles. The number of anilines is 1. The van der Waals surface area contributed by atoms with Crippen molar-refractivity contribution in [3.05, 3.63) is 23.2 Å². The molecule has 0 saturated heterocycles. The third-order valence-electron chi connectivity index (χ3n) is 1.98. The second kappa shape index (κ2) is 6.03. The number of nitrogens with one attached hydrogen (secondary N) is 1. The molecule has 0 aliphatic rings. The minimum Gasteiger partial charge on any atom is -0.465 e. The highest BCUT2D eigenvalue weighted by molar-refractivity contribution is 7.89. The summed E-state index contributed by atoms with van der Waals surface area (Å²) in [7, 11) is -3.94. The Morgan fingerprint density at radius 2 is 2.17 bits per heavy atom.